The van der Waals surface area contributed by atoms with Gasteiger partial charge in [-0.25, -0.2) is 9.37 Å². The quantitative estimate of drug-likeness (QED) is 0.815. The summed E-state index contributed by atoms with van der Waals surface area (Å²) in [6.07, 6.45) is 2.95. The number of nitrogen functional groups attached to an aromatic ring is 1. The van der Waals surface area contributed by atoms with E-state index < -0.39 is 5.82 Å². The third-order valence-corrected chi connectivity index (χ3v) is 2.23. The molecule has 86 valence electrons. The number of halogens is 1. The van der Waals surface area contributed by atoms with Gasteiger partial charge in [-0.05, 0) is 29.8 Å². The SMILES string of the molecule is Nc1cc(CC(=O)c2ncccc2F)ccn1. The van der Waals surface area contributed by atoms with Crippen molar-refractivity contribution in [3.8, 4) is 0 Å². The van der Waals surface area contributed by atoms with Gasteiger partial charge in [0.15, 0.2) is 11.6 Å². The van der Waals surface area contributed by atoms with E-state index in [1.807, 2.05) is 0 Å². The smallest absolute Gasteiger partial charge is 0.188 e. The number of hydrogen-bond acceptors (Lipinski definition) is 4. The first kappa shape index (κ1) is 11.2. The topological polar surface area (TPSA) is 68.9 Å². The molecule has 0 aromatic carbocycles. The molecule has 0 saturated heterocycles. The standard InChI is InChI=1S/C12H10FN3O/c13-9-2-1-4-16-12(9)10(17)6-8-3-5-15-11(14)7-8/h1-5,7H,6H2,(H2,14,15). The molecule has 0 amide bonds. The molecule has 2 aromatic heterocycles. The zero-order chi connectivity index (χ0) is 12.3. The fraction of sp³-hybridized carbons (Fsp3) is 0.0833. The Hall–Kier alpha value is -2.30. The van der Waals surface area contributed by atoms with Gasteiger partial charge in [0.05, 0.1) is 0 Å². The van der Waals surface area contributed by atoms with Crippen LogP contribution < -0.4 is 5.73 Å². The molecule has 0 fully saturated rings. The van der Waals surface area contributed by atoms with Crippen molar-refractivity contribution in [2.75, 3.05) is 5.73 Å². The lowest BCUT2D eigenvalue weighted by Crippen LogP contribution is -2.08. The predicted octanol–water partition coefficient (Wildman–Crippen LogP) is 1.62. The van der Waals surface area contributed by atoms with Crippen molar-refractivity contribution < 1.29 is 9.18 Å². The van der Waals surface area contributed by atoms with E-state index in [0.717, 1.165) is 0 Å². The first-order chi connectivity index (χ1) is 8.16. The lowest BCUT2D eigenvalue weighted by Gasteiger charge is -2.02. The lowest BCUT2D eigenvalue weighted by atomic mass is 10.1. The molecule has 0 unspecified atom stereocenters. The van der Waals surface area contributed by atoms with Crippen LogP contribution in [0.15, 0.2) is 36.7 Å². The van der Waals surface area contributed by atoms with E-state index in [0.29, 0.717) is 11.4 Å². The highest BCUT2D eigenvalue weighted by atomic mass is 19.1. The van der Waals surface area contributed by atoms with Crippen molar-refractivity contribution in [1.29, 1.82) is 0 Å². The van der Waals surface area contributed by atoms with Gasteiger partial charge in [0, 0.05) is 18.8 Å². The van der Waals surface area contributed by atoms with Crippen LogP contribution in [0, 0.1) is 5.82 Å². The summed E-state index contributed by atoms with van der Waals surface area (Å²) in [4.78, 5) is 19.3. The number of rotatable bonds is 3. The third-order valence-electron chi connectivity index (χ3n) is 2.23. The fourth-order valence-electron chi connectivity index (χ4n) is 1.46. The zero-order valence-corrected chi connectivity index (χ0v) is 8.93. The van der Waals surface area contributed by atoms with Crippen molar-refractivity contribution in [3.63, 3.8) is 0 Å². The van der Waals surface area contributed by atoms with Crippen LogP contribution >= 0.6 is 0 Å². The normalized spacial score (nSPS) is 10.2. The average molecular weight is 231 g/mol. The van der Waals surface area contributed by atoms with Gasteiger partial charge in [-0.3, -0.25) is 9.78 Å². The van der Waals surface area contributed by atoms with E-state index in [2.05, 4.69) is 9.97 Å². The Bertz CT molecular complexity index is 557. The van der Waals surface area contributed by atoms with Gasteiger partial charge in [-0.1, -0.05) is 0 Å². The van der Waals surface area contributed by atoms with Gasteiger partial charge in [0.2, 0.25) is 0 Å². The molecule has 0 aliphatic carbocycles. The van der Waals surface area contributed by atoms with Gasteiger partial charge >= 0.3 is 0 Å². The zero-order valence-electron chi connectivity index (χ0n) is 8.93. The number of aromatic nitrogens is 2. The molecule has 2 aromatic rings. The van der Waals surface area contributed by atoms with Gasteiger partial charge in [-0.15, -0.1) is 0 Å². The second-order valence-electron chi connectivity index (χ2n) is 3.52. The largest absolute Gasteiger partial charge is 0.384 e. The molecule has 0 spiro atoms. The summed E-state index contributed by atoms with van der Waals surface area (Å²) in [5.41, 5.74) is 6.03. The number of Topliss-reactive ketones (excluding diaryl/α,β-unsaturated/α-hetero) is 1. The maximum absolute atomic E-state index is 13.3. The first-order valence-corrected chi connectivity index (χ1v) is 5.01. The van der Waals surface area contributed by atoms with E-state index >= 15 is 0 Å². The molecule has 17 heavy (non-hydrogen) atoms. The van der Waals surface area contributed by atoms with Gasteiger partial charge in [0.1, 0.15) is 11.5 Å². The molecule has 2 rings (SSSR count). The molecule has 5 heteroatoms. The number of hydrogen-bond donors (Lipinski definition) is 1. The summed E-state index contributed by atoms with van der Waals surface area (Å²) in [6.45, 7) is 0. The van der Waals surface area contributed by atoms with Crippen LogP contribution in [-0.2, 0) is 6.42 Å². The fourth-order valence-corrected chi connectivity index (χ4v) is 1.46. The summed E-state index contributed by atoms with van der Waals surface area (Å²) >= 11 is 0. The molecule has 0 bridgehead atoms. The number of anilines is 1. The second kappa shape index (κ2) is 4.69. The number of pyridine rings is 2. The Kier molecular flexibility index (Phi) is 3.09. The highest BCUT2D eigenvalue weighted by Gasteiger charge is 2.13. The van der Waals surface area contributed by atoms with Crippen molar-refractivity contribution in [2.45, 2.75) is 6.42 Å². The second-order valence-corrected chi connectivity index (χ2v) is 3.52. The first-order valence-electron chi connectivity index (χ1n) is 5.01. The molecule has 0 radical (unpaired) electrons. The maximum atomic E-state index is 13.3. The van der Waals surface area contributed by atoms with E-state index in [1.165, 1.54) is 24.5 Å². The Labute approximate surface area is 97.3 Å². The average Bonchev–Trinajstić information content (AvgIpc) is 2.29. The Balaban J connectivity index is 2.20. The van der Waals surface area contributed by atoms with E-state index in [9.17, 15) is 9.18 Å². The van der Waals surface area contributed by atoms with Crippen LogP contribution in [-0.4, -0.2) is 15.8 Å². The van der Waals surface area contributed by atoms with Crippen LogP contribution in [0.3, 0.4) is 0 Å². The number of ketones is 1. The third kappa shape index (κ3) is 2.63. The minimum absolute atomic E-state index is 0.0562. The summed E-state index contributed by atoms with van der Waals surface area (Å²) in [6, 6.07) is 5.89. The highest BCUT2D eigenvalue weighted by molar-refractivity contribution is 5.95. The molecule has 0 aliphatic rings. The summed E-state index contributed by atoms with van der Waals surface area (Å²) in [7, 11) is 0. The monoisotopic (exact) mass is 231 g/mol. The molecule has 0 atom stereocenters. The van der Waals surface area contributed by atoms with Crippen molar-refractivity contribution in [2.24, 2.45) is 0 Å². The van der Waals surface area contributed by atoms with Gasteiger partial charge in [-0.2, -0.15) is 0 Å². The van der Waals surface area contributed by atoms with Crippen LogP contribution in [0.2, 0.25) is 0 Å². The highest BCUT2D eigenvalue weighted by Crippen LogP contribution is 2.10. The van der Waals surface area contributed by atoms with E-state index in [4.69, 9.17) is 5.73 Å². The van der Waals surface area contributed by atoms with Crippen LogP contribution in [0.1, 0.15) is 16.1 Å². The number of carbonyl (C=O) groups excluding carboxylic acids is 1. The van der Waals surface area contributed by atoms with Crippen molar-refractivity contribution in [1.82, 2.24) is 9.97 Å². The van der Waals surface area contributed by atoms with Gasteiger partial charge < -0.3 is 5.73 Å². The number of nitrogens with two attached hydrogens (primary N) is 1. The molecule has 0 saturated carbocycles. The minimum atomic E-state index is -0.612. The van der Waals surface area contributed by atoms with E-state index in [1.54, 1.807) is 12.1 Å². The molecular formula is C12H10FN3O. The molecule has 2 N–H and O–H groups in total. The molecule has 0 aliphatic heterocycles. The minimum Gasteiger partial charge on any atom is -0.384 e. The van der Waals surface area contributed by atoms with Crippen LogP contribution in [0.5, 0.6) is 0 Å². The summed E-state index contributed by atoms with van der Waals surface area (Å²) < 4.78 is 13.3. The predicted molar refractivity (Wildman–Crippen MR) is 60.9 cm³/mol. The summed E-state index contributed by atoms with van der Waals surface area (Å²) in [5, 5.41) is 0. The van der Waals surface area contributed by atoms with Crippen LogP contribution in [0.25, 0.3) is 0 Å². The molecule has 2 heterocycles. The van der Waals surface area contributed by atoms with Crippen molar-refractivity contribution in [3.05, 3.63) is 53.7 Å². The Morgan fingerprint density at radius 1 is 1.29 bits per heavy atom. The molecule has 4 nitrogen and oxygen atoms in total. The Morgan fingerprint density at radius 2 is 2.12 bits per heavy atom. The Morgan fingerprint density at radius 3 is 2.82 bits per heavy atom. The number of nitrogens with zero attached hydrogens (tertiary/aromatic N) is 2. The van der Waals surface area contributed by atoms with Gasteiger partial charge in [0.25, 0.3) is 0 Å². The lowest BCUT2D eigenvalue weighted by molar-refractivity contribution is 0.0984. The number of carbonyl (C=O) groups is 1. The van der Waals surface area contributed by atoms with Crippen LogP contribution in [0.4, 0.5) is 10.2 Å². The maximum Gasteiger partial charge on any atom is 0.188 e. The molecular weight excluding hydrogens is 221 g/mol. The summed E-state index contributed by atoms with van der Waals surface area (Å²) in [5.74, 6) is -0.662. The van der Waals surface area contributed by atoms with E-state index in [-0.39, 0.29) is 17.9 Å². The van der Waals surface area contributed by atoms with Crippen molar-refractivity contribution >= 4 is 11.6 Å².